The Morgan fingerprint density at radius 2 is 2.15 bits per heavy atom. The van der Waals surface area contributed by atoms with Gasteiger partial charge in [-0.25, -0.2) is 4.68 Å². The lowest BCUT2D eigenvalue weighted by Crippen LogP contribution is -2.46. The number of thiophene rings is 1. The van der Waals surface area contributed by atoms with Crippen molar-refractivity contribution in [1.82, 2.24) is 14.8 Å². The summed E-state index contributed by atoms with van der Waals surface area (Å²) in [5.41, 5.74) is 3.09. The standard InChI is InChI=1S/C19H21N5OS/c1-11-6-7-14(12(2)9-11)23-18(25)16-13(3)22-19-20-10-21-24(19)17(16)15-5-4-8-26-15/h4-10,13,16-17H,1-3H3,(H,23,25)(H,20,21,22)/t13-,16-,17+/m1/s1. The first-order valence-corrected chi connectivity index (χ1v) is 9.50. The molecule has 1 aromatic carbocycles. The van der Waals surface area contributed by atoms with Crippen molar-refractivity contribution in [3.63, 3.8) is 0 Å². The number of carbonyl (C=O) groups is 1. The largest absolute Gasteiger partial charge is 0.351 e. The minimum absolute atomic E-state index is 0.0171. The summed E-state index contributed by atoms with van der Waals surface area (Å²) in [5, 5.41) is 12.8. The zero-order chi connectivity index (χ0) is 18.3. The van der Waals surface area contributed by atoms with Gasteiger partial charge in [-0.05, 0) is 43.8 Å². The highest BCUT2D eigenvalue weighted by Crippen LogP contribution is 2.38. The topological polar surface area (TPSA) is 71.8 Å². The zero-order valence-electron chi connectivity index (χ0n) is 14.9. The first-order valence-electron chi connectivity index (χ1n) is 8.62. The highest BCUT2D eigenvalue weighted by molar-refractivity contribution is 7.10. The van der Waals surface area contributed by atoms with E-state index >= 15 is 0 Å². The van der Waals surface area contributed by atoms with Crippen molar-refractivity contribution in [3.05, 3.63) is 58.0 Å². The van der Waals surface area contributed by atoms with E-state index in [0.717, 1.165) is 16.1 Å². The lowest BCUT2D eigenvalue weighted by atomic mass is 9.88. The summed E-state index contributed by atoms with van der Waals surface area (Å²) in [5.74, 6) is 0.381. The maximum atomic E-state index is 13.2. The third-order valence-corrected chi connectivity index (χ3v) is 5.79. The number of hydrogen-bond acceptors (Lipinski definition) is 5. The maximum Gasteiger partial charge on any atom is 0.232 e. The molecule has 0 saturated carbocycles. The number of aromatic nitrogens is 3. The van der Waals surface area contributed by atoms with E-state index < -0.39 is 0 Å². The van der Waals surface area contributed by atoms with Crippen LogP contribution in [0.1, 0.15) is 29.0 Å². The number of hydrogen-bond donors (Lipinski definition) is 2. The van der Waals surface area contributed by atoms with Crippen LogP contribution in [-0.2, 0) is 4.79 Å². The molecule has 0 fully saturated rings. The Balaban J connectivity index is 1.70. The van der Waals surface area contributed by atoms with E-state index in [1.165, 1.54) is 11.9 Å². The van der Waals surface area contributed by atoms with Gasteiger partial charge in [-0.15, -0.1) is 11.3 Å². The molecule has 0 bridgehead atoms. The van der Waals surface area contributed by atoms with Crippen LogP contribution in [0.25, 0.3) is 0 Å². The second-order valence-corrected chi connectivity index (χ2v) is 7.73. The Labute approximate surface area is 156 Å². The number of nitrogens with zero attached hydrogens (tertiary/aromatic N) is 3. The van der Waals surface area contributed by atoms with E-state index in [0.29, 0.717) is 5.95 Å². The molecule has 0 saturated heterocycles. The van der Waals surface area contributed by atoms with Crippen LogP contribution in [0.3, 0.4) is 0 Å². The molecule has 3 heterocycles. The molecule has 7 heteroatoms. The average Bonchev–Trinajstić information content (AvgIpc) is 3.27. The molecule has 0 unspecified atom stereocenters. The second kappa shape index (κ2) is 6.57. The van der Waals surface area contributed by atoms with Gasteiger partial charge in [-0.1, -0.05) is 23.8 Å². The minimum Gasteiger partial charge on any atom is -0.351 e. The number of benzene rings is 1. The fraction of sp³-hybridized carbons (Fsp3) is 0.316. The number of amides is 1. The Kier molecular flexibility index (Phi) is 4.24. The molecular formula is C19H21N5OS. The summed E-state index contributed by atoms with van der Waals surface area (Å²) in [6.07, 6.45) is 1.53. The van der Waals surface area contributed by atoms with Gasteiger partial charge in [0.15, 0.2) is 0 Å². The van der Waals surface area contributed by atoms with Crippen LogP contribution >= 0.6 is 11.3 Å². The number of aryl methyl sites for hydroxylation is 2. The van der Waals surface area contributed by atoms with Gasteiger partial charge in [0.25, 0.3) is 0 Å². The molecule has 3 aromatic rings. The number of fused-ring (bicyclic) bond motifs is 1. The number of anilines is 2. The molecule has 0 spiro atoms. The summed E-state index contributed by atoms with van der Waals surface area (Å²) >= 11 is 1.63. The van der Waals surface area contributed by atoms with Crippen LogP contribution in [0.2, 0.25) is 0 Å². The predicted molar refractivity (Wildman–Crippen MR) is 104 cm³/mol. The van der Waals surface area contributed by atoms with Crippen LogP contribution in [0.5, 0.6) is 0 Å². The third kappa shape index (κ3) is 2.88. The minimum atomic E-state index is -0.302. The van der Waals surface area contributed by atoms with Crippen LogP contribution < -0.4 is 10.6 Å². The van der Waals surface area contributed by atoms with E-state index in [1.807, 2.05) is 49.0 Å². The smallest absolute Gasteiger partial charge is 0.232 e. The molecule has 1 amide bonds. The molecule has 2 N–H and O–H groups in total. The summed E-state index contributed by atoms with van der Waals surface area (Å²) < 4.78 is 1.82. The number of carbonyl (C=O) groups excluding carboxylic acids is 1. The van der Waals surface area contributed by atoms with E-state index in [4.69, 9.17) is 0 Å². The molecule has 2 aromatic heterocycles. The van der Waals surface area contributed by atoms with E-state index in [9.17, 15) is 4.79 Å². The molecule has 26 heavy (non-hydrogen) atoms. The van der Waals surface area contributed by atoms with Gasteiger partial charge in [0.2, 0.25) is 11.9 Å². The SMILES string of the molecule is Cc1ccc(NC(=O)[C@@H]2[C@@H](C)Nc3ncnn3[C@H]2c2cccs2)c(C)c1. The lowest BCUT2D eigenvalue weighted by Gasteiger charge is -2.36. The Morgan fingerprint density at radius 3 is 2.88 bits per heavy atom. The van der Waals surface area contributed by atoms with Gasteiger partial charge >= 0.3 is 0 Å². The highest BCUT2D eigenvalue weighted by atomic mass is 32.1. The van der Waals surface area contributed by atoms with Gasteiger partial charge in [0.05, 0.1) is 5.92 Å². The molecule has 1 aliphatic heterocycles. The monoisotopic (exact) mass is 367 g/mol. The zero-order valence-corrected chi connectivity index (χ0v) is 15.7. The number of nitrogens with one attached hydrogen (secondary N) is 2. The number of rotatable bonds is 3. The van der Waals surface area contributed by atoms with Crippen LogP contribution in [0.4, 0.5) is 11.6 Å². The summed E-state index contributed by atoms with van der Waals surface area (Å²) in [6, 6.07) is 9.87. The molecular weight excluding hydrogens is 346 g/mol. The van der Waals surface area contributed by atoms with E-state index in [-0.39, 0.29) is 23.9 Å². The molecule has 1 aliphatic rings. The fourth-order valence-electron chi connectivity index (χ4n) is 3.57. The highest BCUT2D eigenvalue weighted by Gasteiger charge is 2.41. The fourth-order valence-corrected chi connectivity index (χ4v) is 4.43. The van der Waals surface area contributed by atoms with Crippen molar-refractivity contribution in [2.75, 3.05) is 10.6 Å². The van der Waals surface area contributed by atoms with Crippen LogP contribution in [0, 0.1) is 19.8 Å². The molecule has 6 nitrogen and oxygen atoms in total. The van der Waals surface area contributed by atoms with Gasteiger partial charge < -0.3 is 10.6 Å². The molecule has 0 aliphatic carbocycles. The van der Waals surface area contributed by atoms with Crippen LogP contribution in [0.15, 0.2) is 42.0 Å². The molecule has 0 radical (unpaired) electrons. The van der Waals surface area contributed by atoms with Crippen molar-refractivity contribution in [3.8, 4) is 0 Å². The van der Waals surface area contributed by atoms with Gasteiger partial charge in [-0.2, -0.15) is 10.1 Å². The first kappa shape index (κ1) is 16.8. The quantitative estimate of drug-likeness (QED) is 0.742. The van der Waals surface area contributed by atoms with Gasteiger partial charge in [0.1, 0.15) is 12.4 Å². The molecule has 3 atom stereocenters. The normalized spacial score (nSPS) is 21.7. The molecule has 4 rings (SSSR count). The van der Waals surface area contributed by atoms with E-state index in [2.05, 4.69) is 32.8 Å². The predicted octanol–water partition coefficient (Wildman–Crippen LogP) is 3.61. The third-order valence-electron chi connectivity index (χ3n) is 4.85. The maximum absolute atomic E-state index is 13.2. The summed E-state index contributed by atoms with van der Waals surface area (Å²) in [7, 11) is 0. The van der Waals surface area contributed by atoms with Crippen LogP contribution in [-0.4, -0.2) is 26.7 Å². The first-order chi connectivity index (χ1) is 12.5. The summed E-state index contributed by atoms with van der Waals surface area (Å²) in [4.78, 5) is 18.6. The lowest BCUT2D eigenvalue weighted by molar-refractivity contribution is -0.121. The second-order valence-electron chi connectivity index (χ2n) is 6.75. The Bertz CT molecular complexity index is 933. The van der Waals surface area contributed by atoms with Crippen molar-refractivity contribution >= 4 is 28.9 Å². The van der Waals surface area contributed by atoms with Gasteiger partial charge in [-0.3, -0.25) is 4.79 Å². The molecule has 134 valence electrons. The Morgan fingerprint density at radius 1 is 1.31 bits per heavy atom. The van der Waals surface area contributed by atoms with E-state index in [1.54, 1.807) is 11.3 Å². The summed E-state index contributed by atoms with van der Waals surface area (Å²) in [6.45, 7) is 6.08. The Hall–Kier alpha value is -2.67. The van der Waals surface area contributed by atoms with Crippen molar-refractivity contribution < 1.29 is 4.79 Å². The van der Waals surface area contributed by atoms with Gasteiger partial charge in [0, 0.05) is 16.6 Å². The van der Waals surface area contributed by atoms with Crippen molar-refractivity contribution in [2.45, 2.75) is 32.9 Å². The van der Waals surface area contributed by atoms with Crippen molar-refractivity contribution in [1.29, 1.82) is 0 Å². The van der Waals surface area contributed by atoms with Crippen molar-refractivity contribution in [2.24, 2.45) is 5.92 Å². The average molecular weight is 367 g/mol.